The third-order valence-corrected chi connectivity index (χ3v) is 7.39. The minimum atomic E-state index is -3.63. The molecule has 2 aliphatic heterocycles. The average Bonchev–Trinajstić information content (AvgIpc) is 3.03. The van der Waals surface area contributed by atoms with Crippen LogP contribution in [0.2, 0.25) is 0 Å². The molecule has 0 radical (unpaired) electrons. The largest absolute Gasteiger partial charge is 0.355 e. The molecule has 1 fully saturated rings. The topological polar surface area (TPSA) is 78.8 Å². The fourth-order valence-electron chi connectivity index (χ4n) is 4.38. The summed E-state index contributed by atoms with van der Waals surface area (Å²) >= 11 is 0. The quantitative estimate of drug-likeness (QED) is 0.790. The molecule has 1 N–H and O–H groups in total. The molecule has 0 spiro atoms. The lowest BCUT2D eigenvalue weighted by atomic mass is 9.81. The van der Waals surface area contributed by atoms with Crippen LogP contribution in [0.5, 0.6) is 0 Å². The molecule has 164 valence electrons. The Balaban J connectivity index is 1.44. The van der Waals surface area contributed by atoms with Crippen LogP contribution in [0.1, 0.15) is 50.8 Å². The molecule has 1 unspecified atom stereocenters. The first-order valence-electron chi connectivity index (χ1n) is 10.7. The molecule has 1 atom stereocenters. The standard InChI is InChI=1S/C24H29N3O3S/c1-24(2,3)21(17-9-5-4-6-10-17)25-23(28)18-13-15-27(16-14-18)22-19-11-7-8-12-20(19)31(29,30)26-22/h4-12,18,21H,13-16H2,1-3H3,(H,25,28). The first-order valence-corrected chi connectivity index (χ1v) is 12.2. The van der Waals surface area contributed by atoms with Gasteiger partial charge in [-0.3, -0.25) is 4.79 Å². The second-order valence-electron chi connectivity index (χ2n) is 9.37. The fourth-order valence-corrected chi connectivity index (χ4v) is 5.60. The molecule has 2 heterocycles. The Labute approximate surface area is 184 Å². The lowest BCUT2D eigenvalue weighted by Crippen LogP contribution is -2.45. The maximum absolute atomic E-state index is 13.1. The Bertz CT molecular complexity index is 1100. The first kappa shape index (κ1) is 21.6. The molecule has 0 aromatic heterocycles. The predicted molar refractivity (Wildman–Crippen MR) is 121 cm³/mol. The van der Waals surface area contributed by atoms with Crippen LogP contribution in [0.25, 0.3) is 0 Å². The van der Waals surface area contributed by atoms with Gasteiger partial charge in [-0.2, -0.15) is 8.42 Å². The molecule has 0 aliphatic carbocycles. The van der Waals surface area contributed by atoms with Crippen molar-refractivity contribution >= 4 is 21.8 Å². The number of rotatable bonds is 3. The third kappa shape index (κ3) is 4.37. The van der Waals surface area contributed by atoms with E-state index in [1.54, 1.807) is 18.2 Å². The van der Waals surface area contributed by atoms with Gasteiger partial charge in [-0.05, 0) is 36.0 Å². The Morgan fingerprint density at radius 3 is 2.29 bits per heavy atom. The van der Waals surface area contributed by atoms with Gasteiger partial charge in [-0.25, -0.2) is 0 Å². The molecule has 2 aromatic rings. The van der Waals surface area contributed by atoms with Crippen LogP contribution in [0.3, 0.4) is 0 Å². The molecule has 31 heavy (non-hydrogen) atoms. The summed E-state index contributed by atoms with van der Waals surface area (Å²) in [4.78, 5) is 15.4. The van der Waals surface area contributed by atoms with E-state index in [1.165, 1.54) is 0 Å². The van der Waals surface area contributed by atoms with E-state index in [2.05, 4.69) is 42.6 Å². The Morgan fingerprint density at radius 1 is 1.03 bits per heavy atom. The summed E-state index contributed by atoms with van der Waals surface area (Å²) in [6.07, 6.45) is 1.33. The van der Waals surface area contributed by atoms with Crippen LogP contribution < -0.4 is 5.32 Å². The SMILES string of the molecule is CC(C)(C)C(NC(=O)C1CCN(C2=NS(=O)(=O)c3ccccc32)CC1)c1ccccc1. The number of carbonyl (C=O) groups is 1. The van der Waals surface area contributed by atoms with Crippen molar-refractivity contribution in [3.05, 3.63) is 65.7 Å². The minimum Gasteiger partial charge on any atom is -0.355 e. The number of hydrogen-bond donors (Lipinski definition) is 1. The maximum Gasteiger partial charge on any atom is 0.285 e. The van der Waals surface area contributed by atoms with Crippen molar-refractivity contribution in [2.24, 2.45) is 15.7 Å². The molecular weight excluding hydrogens is 410 g/mol. The lowest BCUT2D eigenvalue weighted by molar-refractivity contribution is -0.127. The van der Waals surface area contributed by atoms with E-state index in [0.29, 0.717) is 37.3 Å². The highest BCUT2D eigenvalue weighted by Crippen LogP contribution is 2.34. The summed E-state index contributed by atoms with van der Waals surface area (Å²) in [6.45, 7) is 7.59. The van der Waals surface area contributed by atoms with Crippen LogP contribution in [-0.4, -0.2) is 38.2 Å². The van der Waals surface area contributed by atoms with Gasteiger partial charge in [0.25, 0.3) is 10.0 Å². The highest BCUT2D eigenvalue weighted by atomic mass is 32.2. The molecule has 0 bridgehead atoms. The van der Waals surface area contributed by atoms with Gasteiger partial charge >= 0.3 is 0 Å². The van der Waals surface area contributed by atoms with E-state index in [1.807, 2.05) is 29.2 Å². The number of benzene rings is 2. The van der Waals surface area contributed by atoms with Gasteiger partial charge in [-0.1, -0.05) is 63.2 Å². The number of carbonyl (C=O) groups excluding carboxylic acids is 1. The summed E-state index contributed by atoms with van der Waals surface area (Å²) in [5.41, 5.74) is 1.64. The number of hydrogen-bond acceptors (Lipinski definition) is 4. The highest BCUT2D eigenvalue weighted by Gasteiger charge is 2.36. The summed E-state index contributed by atoms with van der Waals surface area (Å²) in [5, 5.41) is 3.27. The van der Waals surface area contributed by atoms with E-state index in [-0.39, 0.29) is 28.2 Å². The van der Waals surface area contributed by atoms with Gasteiger partial charge in [0.05, 0.1) is 6.04 Å². The van der Waals surface area contributed by atoms with Crippen molar-refractivity contribution in [2.45, 2.75) is 44.6 Å². The molecule has 7 heteroatoms. The van der Waals surface area contributed by atoms with Gasteiger partial charge in [0.1, 0.15) is 4.90 Å². The molecular formula is C24H29N3O3S. The monoisotopic (exact) mass is 439 g/mol. The van der Waals surface area contributed by atoms with Gasteiger partial charge in [-0.15, -0.1) is 4.40 Å². The van der Waals surface area contributed by atoms with E-state index < -0.39 is 10.0 Å². The summed E-state index contributed by atoms with van der Waals surface area (Å²) in [5.74, 6) is 0.467. The average molecular weight is 440 g/mol. The van der Waals surface area contributed by atoms with Gasteiger partial charge in [0.2, 0.25) is 5.91 Å². The van der Waals surface area contributed by atoms with Crippen LogP contribution in [0.4, 0.5) is 0 Å². The van der Waals surface area contributed by atoms with Gasteiger partial charge < -0.3 is 10.2 Å². The van der Waals surface area contributed by atoms with E-state index in [4.69, 9.17) is 0 Å². The summed E-state index contributed by atoms with van der Waals surface area (Å²) in [7, 11) is -3.63. The zero-order valence-corrected chi connectivity index (χ0v) is 19.0. The maximum atomic E-state index is 13.1. The number of piperidine rings is 1. The number of nitrogens with one attached hydrogen (secondary N) is 1. The summed E-state index contributed by atoms with van der Waals surface area (Å²) < 4.78 is 28.7. The van der Waals surface area contributed by atoms with Crippen LogP contribution in [0.15, 0.2) is 63.9 Å². The lowest BCUT2D eigenvalue weighted by Gasteiger charge is -2.36. The zero-order valence-electron chi connectivity index (χ0n) is 18.2. The second kappa shape index (κ2) is 8.11. The van der Waals surface area contributed by atoms with Gasteiger partial charge in [0.15, 0.2) is 5.84 Å². The van der Waals surface area contributed by atoms with Crippen molar-refractivity contribution in [1.29, 1.82) is 0 Å². The van der Waals surface area contributed by atoms with Gasteiger partial charge in [0, 0.05) is 24.6 Å². The van der Waals surface area contributed by atoms with E-state index in [0.717, 1.165) is 5.56 Å². The second-order valence-corrected chi connectivity index (χ2v) is 10.9. The number of likely N-dealkylation sites (tertiary alicyclic amines) is 1. The van der Waals surface area contributed by atoms with Crippen LogP contribution in [-0.2, 0) is 14.8 Å². The Morgan fingerprint density at radius 2 is 1.65 bits per heavy atom. The Hall–Kier alpha value is -2.67. The molecule has 2 aromatic carbocycles. The number of fused-ring (bicyclic) bond motifs is 1. The summed E-state index contributed by atoms with van der Waals surface area (Å²) in [6, 6.07) is 16.9. The molecule has 6 nitrogen and oxygen atoms in total. The number of amidine groups is 1. The Kier molecular flexibility index (Phi) is 5.64. The van der Waals surface area contributed by atoms with Crippen molar-refractivity contribution in [3.63, 3.8) is 0 Å². The highest BCUT2D eigenvalue weighted by molar-refractivity contribution is 7.90. The van der Waals surface area contributed by atoms with Crippen molar-refractivity contribution in [2.75, 3.05) is 13.1 Å². The molecule has 1 amide bonds. The first-order chi connectivity index (χ1) is 14.7. The smallest absolute Gasteiger partial charge is 0.285 e. The van der Waals surface area contributed by atoms with E-state index >= 15 is 0 Å². The molecule has 4 rings (SSSR count). The number of amides is 1. The molecule has 2 aliphatic rings. The number of sulfonamides is 1. The fraction of sp³-hybridized carbons (Fsp3) is 0.417. The normalized spacial score (nSPS) is 19.5. The number of nitrogens with zero attached hydrogens (tertiary/aromatic N) is 2. The predicted octanol–water partition coefficient (Wildman–Crippen LogP) is 3.75. The molecule has 1 saturated heterocycles. The van der Waals surface area contributed by atoms with Crippen molar-refractivity contribution < 1.29 is 13.2 Å². The van der Waals surface area contributed by atoms with Crippen molar-refractivity contribution in [3.8, 4) is 0 Å². The van der Waals surface area contributed by atoms with Crippen LogP contribution in [0, 0.1) is 11.3 Å². The van der Waals surface area contributed by atoms with Crippen LogP contribution >= 0.6 is 0 Å². The van der Waals surface area contributed by atoms with E-state index in [9.17, 15) is 13.2 Å². The van der Waals surface area contributed by atoms with Crippen molar-refractivity contribution in [1.82, 2.24) is 10.2 Å². The molecule has 0 saturated carbocycles. The third-order valence-electron chi connectivity index (χ3n) is 6.06. The minimum absolute atomic E-state index is 0.0600. The zero-order chi connectivity index (χ0) is 22.2.